The first-order valence-corrected chi connectivity index (χ1v) is 6.72. The highest BCUT2D eigenvalue weighted by Gasteiger charge is 2.14. The maximum absolute atomic E-state index is 12.1. The van der Waals surface area contributed by atoms with Crippen LogP contribution in [0.1, 0.15) is 21.5 Å². The summed E-state index contributed by atoms with van der Waals surface area (Å²) >= 11 is 0. The van der Waals surface area contributed by atoms with Gasteiger partial charge < -0.3 is 9.47 Å². The number of carbonyl (C=O) groups is 2. The van der Waals surface area contributed by atoms with E-state index in [-0.39, 0.29) is 13.0 Å². The zero-order valence-corrected chi connectivity index (χ0v) is 12.2. The van der Waals surface area contributed by atoms with Crippen molar-refractivity contribution in [1.29, 1.82) is 0 Å². The first-order valence-electron chi connectivity index (χ1n) is 6.72. The maximum Gasteiger partial charge on any atom is 0.338 e. The molecule has 0 atom stereocenters. The molecule has 0 fully saturated rings. The van der Waals surface area contributed by atoms with Crippen molar-refractivity contribution in [3.63, 3.8) is 0 Å². The van der Waals surface area contributed by atoms with Crippen LogP contribution in [-0.2, 0) is 22.6 Å². The molecule has 0 bridgehead atoms. The Kier molecular flexibility index (Phi) is 5.14. The number of amides is 1. The number of hydrogen-bond acceptors (Lipinski definition) is 4. The number of ether oxygens (including phenoxy) is 2. The molecule has 2 rings (SSSR count). The lowest BCUT2D eigenvalue weighted by Crippen LogP contribution is -2.11. The maximum atomic E-state index is 12.1. The molecule has 2 aromatic carbocycles. The molecule has 113 valence electrons. The lowest BCUT2D eigenvalue weighted by Gasteiger charge is -2.09. The molecule has 5 nitrogen and oxygen atoms in total. The molecule has 0 aromatic heterocycles. The summed E-state index contributed by atoms with van der Waals surface area (Å²) in [7, 11) is 1.58. The predicted octanol–water partition coefficient (Wildman–Crippen LogP) is 2.40. The molecule has 0 unspecified atom stereocenters. The highest BCUT2D eigenvalue weighted by atomic mass is 16.5. The van der Waals surface area contributed by atoms with Crippen LogP contribution in [0.4, 0.5) is 0 Å². The van der Waals surface area contributed by atoms with Gasteiger partial charge in [0.15, 0.2) is 0 Å². The summed E-state index contributed by atoms with van der Waals surface area (Å²) in [6.45, 7) is 0.131. The topological polar surface area (TPSA) is 76.4 Å². The molecule has 5 heteroatoms. The molecule has 0 saturated heterocycles. The Balaban J connectivity index is 2.04. The zero-order valence-electron chi connectivity index (χ0n) is 12.2. The number of esters is 1. The summed E-state index contributed by atoms with van der Waals surface area (Å²) in [4.78, 5) is 23.1. The van der Waals surface area contributed by atoms with Gasteiger partial charge in [-0.2, -0.15) is 0 Å². The van der Waals surface area contributed by atoms with Crippen LogP contribution >= 0.6 is 0 Å². The fraction of sp³-hybridized carbons (Fsp3) is 0.176. The van der Waals surface area contributed by atoms with Crippen molar-refractivity contribution in [2.75, 3.05) is 7.11 Å². The minimum Gasteiger partial charge on any atom is -0.497 e. The number of carbonyl (C=O) groups excluding carboxylic acids is 2. The Morgan fingerprint density at radius 2 is 1.73 bits per heavy atom. The van der Waals surface area contributed by atoms with Gasteiger partial charge in [0.2, 0.25) is 5.91 Å². The van der Waals surface area contributed by atoms with Crippen LogP contribution < -0.4 is 10.5 Å². The molecule has 1 radical (unpaired) electrons. The Morgan fingerprint density at radius 1 is 1.05 bits per heavy atom. The van der Waals surface area contributed by atoms with E-state index in [2.05, 4.69) is 0 Å². The highest BCUT2D eigenvalue weighted by Crippen LogP contribution is 2.15. The second-order valence-corrected chi connectivity index (χ2v) is 4.68. The quantitative estimate of drug-likeness (QED) is 0.767. The van der Waals surface area contributed by atoms with Crippen molar-refractivity contribution >= 4 is 11.9 Å². The summed E-state index contributed by atoms with van der Waals surface area (Å²) in [5, 5.41) is 0. The SMILES string of the molecule is COc1ccc(COC(=O)c2ccccc2CC([NH])=O)cc1. The number of rotatable bonds is 6. The number of methoxy groups -OCH3 is 1. The van der Waals surface area contributed by atoms with Gasteiger partial charge >= 0.3 is 5.97 Å². The van der Waals surface area contributed by atoms with Gasteiger partial charge in [0, 0.05) is 0 Å². The van der Waals surface area contributed by atoms with Gasteiger partial charge in [0.05, 0.1) is 19.1 Å². The van der Waals surface area contributed by atoms with Crippen molar-refractivity contribution in [1.82, 2.24) is 5.73 Å². The van der Waals surface area contributed by atoms with Crippen molar-refractivity contribution in [3.05, 3.63) is 65.2 Å². The molecule has 0 aliphatic rings. The second-order valence-electron chi connectivity index (χ2n) is 4.68. The minimum atomic E-state index is -0.740. The van der Waals surface area contributed by atoms with E-state index in [4.69, 9.17) is 15.2 Å². The molecule has 0 spiro atoms. The summed E-state index contributed by atoms with van der Waals surface area (Å²) in [5.41, 5.74) is 8.68. The smallest absolute Gasteiger partial charge is 0.338 e. The lowest BCUT2D eigenvalue weighted by atomic mass is 10.0. The van der Waals surface area contributed by atoms with Crippen LogP contribution in [0.15, 0.2) is 48.5 Å². The van der Waals surface area contributed by atoms with Crippen molar-refractivity contribution in [2.45, 2.75) is 13.0 Å². The molecule has 1 amide bonds. The lowest BCUT2D eigenvalue weighted by molar-refractivity contribution is -0.118. The van der Waals surface area contributed by atoms with Crippen LogP contribution in [0.25, 0.3) is 0 Å². The number of benzene rings is 2. The summed E-state index contributed by atoms with van der Waals surface area (Å²) < 4.78 is 10.3. The van der Waals surface area contributed by atoms with Gasteiger partial charge in [-0.1, -0.05) is 30.3 Å². The standard InChI is InChI=1S/C17H16NO4/c1-21-14-8-6-12(7-9-14)11-22-17(20)15-5-3-2-4-13(15)10-16(18)19/h2-9,18H,10-11H2,1H3. The zero-order chi connectivity index (χ0) is 15.9. The average molecular weight is 298 g/mol. The molecule has 2 aromatic rings. The van der Waals surface area contributed by atoms with E-state index in [1.165, 1.54) is 0 Å². The fourth-order valence-electron chi connectivity index (χ4n) is 1.99. The van der Waals surface area contributed by atoms with E-state index in [0.717, 1.165) is 11.3 Å². The normalized spacial score (nSPS) is 10.0. The van der Waals surface area contributed by atoms with E-state index in [0.29, 0.717) is 11.1 Å². The Labute approximate surface area is 128 Å². The first-order chi connectivity index (χ1) is 10.6. The van der Waals surface area contributed by atoms with Gasteiger partial charge in [-0.05, 0) is 29.3 Å². The highest BCUT2D eigenvalue weighted by molar-refractivity contribution is 5.92. The van der Waals surface area contributed by atoms with Crippen LogP contribution in [-0.4, -0.2) is 19.0 Å². The molecular formula is C17H16NO4. The van der Waals surface area contributed by atoms with E-state index in [9.17, 15) is 9.59 Å². The minimum absolute atomic E-state index is 0.103. The van der Waals surface area contributed by atoms with Gasteiger partial charge in [-0.25, -0.2) is 4.79 Å². The summed E-state index contributed by atoms with van der Waals surface area (Å²) in [5.74, 6) is -0.516. The largest absolute Gasteiger partial charge is 0.497 e. The summed E-state index contributed by atoms with van der Waals surface area (Å²) in [6.07, 6.45) is -0.103. The molecule has 22 heavy (non-hydrogen) atoms. The molecule has 1 N–H and O–H groups in total. The molecule has 0 aliphatic carbocycles. The second kappa shape index (κ2) is 7.26. The average Bonchev–Trinajstić information content (AvgIpc) is 2.53. The molecule has 0 saturated carbocycles. The van der Waals surface area contributed by atoms with Crippen LogP contribution in [0, 0.1) is 0 Å². The fourth-order valence-corrected chi connectivity index (χ4v) is 1.99. The van der Waals surface area contributed by atoms with Crippen LogP contribution in [0.3, 0.4) is 0 Å². The Morgan fingerprint density at radius 3 is 2.36 bits per heavy atom. The predicted molar refractivity (Wildman–Crippen MR) is 80.4 cm³/mol. The number of hydrogen-bond donors (Lipinski definition) is 0. The van der Waals surface area contributed by atoms with Crippen LogP contribution in [0.5, 0.6) is 5.75 Å². The van der Waals surface area contributed by atoms with Crippen molar-refractivity contribution in [3.8, 4) is 5.75 Å². The van der Waals surface area contributed by atoms with Gasteiger partial charge in [-0.3, -0.25) is 10.5 Å². The third-order valence-corrected chi connectivity index (χ3v) is 3.12. The van der Waals surface area contributed by atoms with Crippen LogP contribution in [0.2, 0.25) is 0 Å². The first kappa shape index (κ1) is 15.6. The summed E-state index contributed by atoms with van der Waals surface area (Å²) in [6, 6.07) is 13.9. The van der Waals surface area contributed by atoms with E-state index < -0.39 is 11.9 Å². The Hall–Kier alpha value is -2.82. The monoisotopic (exact) mass is 298 g/mol. The third kappa shape index (κ3) is 4.09. The van der Waals surface area contributed by atoms with E-state index in [1.54, 1.807) is 43.5 Å². The van der Waals surface area contributed by atoms with Crippen molar-refractivity contribution < 1.29 is 19.1 Å². The van der Waals surface area contributed by atoms with Crippen molar-refractivity contribution in [2.24, 2.45) is 0 Å². The third-order valence-electron chi connectivity index (χ3n) is 3.12. The van der Waals surface area contributed by atoms with Gasteiger partial charge in [0.25, 0.3) is 0 Å². The van der Waals surface area contributed by atoms with Gasteiger partial charge in [-0.15, -0.1) is 0 Å². The van der Waals surface area contributed by atoms with Gasteiger partial charge in [0.1, 0.15) is 12.4 Å². The Bertz CT molecular complexity index is 665. The number of nitrogens with one attached hydrogen (secondary N) is 1. The molecule has 0 heterocycles. The molecule has 0 aliphatic heterocycles. The van der Waals surface area contributed by atoms with E-state index in [1.807, 2.05) is 12.1 Å². The van der Waals surface area contributed by atoms with E-state index >= 15 is 0 Å². The molecular weight excluding hydrogens is 282 g/mol.